The van der Waals surface area contributed by atoms with E-state index in [1.807, 2.05) is 33.9 Å². The Labute approximate surface area is 190 Å². The smallest absolute Gasteiger partial charge is 0.143 e. The summed E-state index contributed by atoms with van der Waals surface area (Å²) in [6.07, 6.45) is 8.28. The van der Waals surface area contributed by atoms with Gasteiger partial charge in [0, 0.05) is 31.5 Å². The Bertz CT molecular complexity index is 1070. The molecule has 9 heteroatoms. The molecule has 3 heterocycles. The Morgan fingerprint density at radius 3 is 2.87 bits per heavy atom. The summed E-state index contributed by atoms with van der Waals surface area (Å²) >= 11 is 1.66. The van der Waals surface area contributed by atoms with Gasteiger partial charge in [-0.3, -0.25) is 4.40 Å². The first-order valence-electron chi connectivity index (χ1n) is 10.4. The lowest BCUT2D eigenvalue weighted by atomic mass is 10.2. The first-order valence-corrected chi connectivity index (χ1v) is 12.3. The van der Waals surface area contributed by atoms with E-state index in [4.69, 9.17) is 9.97 Å². The lowest BCUT2D eigenvalue weighted by molar-refractivity contribution is 0.328. The predicted molar refractivity (Wildman–Crippen MR) is 136 cm³/mol. The number of aromatic nitrogens is 3. The summed E-state index contributed by atoms with van der Waals surface area (Å²) in [6, 6.07) is 4.24. The standard InChI is InChI=1S/C22H31N7PS/c1-7-17(27-24-8-2)20-21(30-6)26-22(31-20)19-15(3)25-18-10-9-16(14-29(18)19)13-28(5)12-11-23-4/h7,9-10,14,23,27H,6,8,11-13H2,1-5H3/q-1. The van der Waals surface area contributed by atoms with Crippen LogP contribution < -0.4 is 16.2 Å². The van der Waals surface area contributed by atoms with E-state index < -0.39 is 0 Å². The highest BCUT2D eigenvalue weighted by Gasteiger charge is 2.19. The molecule has 0 aliphatic carbocycles. The molecule has 2 N–H and O–H groups in total. The first kappa shape index (κ1) is 23.6. The van der Waals surface area contributed by atoms with Crippen molar-refractivity contribution in [1.29, 1.82) is 0 Å². The van der Waals surface area contributed by atoms with Gasteiger partial charge < -0.3 is 21.1 Å². The van der Waals surface area contributed by atoms with Crippen LogP contribution in [0.15, 0.2) is 24.4 Å². The fraction of sp³-hybridized carbons (Fsp3) is 0.409. The van der Waals surface area contributed by atoms with E-state index in [1.54, 1.807) is 11.3 Å². The molecule has 0 spiro atoms. The molecular formula is C22H31N7PS-. The Morgan fingerprint density at radius 1 is 1.39 bits per heavy atom. The molecule has 0 bridgehead atoms. The second-order valence-corrected chi connectivity index (χ2v) is 9.01. The van der Waals surface area contributed by atoms with Gasteiger partial charge in [0.1, 0.15) is 21.8 Å². The zero-order valence-corrected chi connectivity index (χ0v) is 20.6. The zero-order chi connectivity index (χ0) is 22.4. The molecule has 0 saturated carbocycles. The molecular weight excluding hydrogens is 425 g/mol. The maximum absolute atomic E-state index is 4.93. The van der Waals surface area contributed by atoms with Crippen LogP contribution in [0.4, 0.5) is 0 Å². The highest BCUT2D eigenvalue weighted by atomic mass is 32.1. The number of hydrogen-bond acceptors (Lipinski definition) is 6. The summed E-state index contributed by atoms with van der Waals surface area (Å²) in [5, 5.41) is 4.15. The van der Waals surface area contributed by atoms with Crippen LogP contribution in [0.25, 0.3) is 27.5 Å². The Hall–Kier alpha value is -2.09. The van der Waals surface area contributed by atoms with E-state index in [-0.39, 0.29) is 0 Å². The minimum Gasteiger partial charge on any atom is -0.571 e. The van der Waals surface area contributed by atoms with E-state index in [1.165, 1.54) is 5.56 Å². The highest BCUT2D eigenvalue weighted by Crippen LogP contribution is 2.32. The molecule has 0 fully saturated rings. The quantitative estimate of drug-likeness (QED) is 0.340. The molecule has 0 saturated heterocycles. The number of likely N-dealkylation sites (N-methyl/N-ethyl adjacent to an activating group) is 2. The van der Waals surface area contributed by atoms with Gasteiger partial charge in [0.15, 0.2) is 0 Å². The van der Waals surface area contributed by atoms with Crippen molar-refractivity contribution in [1.82, 2.24) is 30.0 Å². The minimum absolute atomic E-state index is 0.707. The van der Waals surface area contributed by atoms with Crippen molar-refractivity contribution >= 4 is 42.6 Å². The molecule has 3 aromatic rings. The van der Waals surface area contributed by atoms with E-state index >= 15 is 0 Å². The van der Waals surface area contributed by atoms with Crippen LogP contribution in [0.2, 0.25) is 0 Å². The molecule has 31 heavy (non-hydrogen) atoms. The maximum Gasteiger partial charge on any atom is 0.143 e. The van der Waals surface area contributed by atoms with Crippen molar-refractivity contribution in [2.75, 3.05) is 33.7 Å². The summed E-state index contributed by atoms with van der Waals surface area (Å²) in [5.74, 6) is 0. The number of pyridine rings is 1. The van der Waals surface area contributed by atoms with Crippen LogP contribution in [-0.2, 0) is 6.54 Å². The van der Waals surface area contributed by atoms with Crippen molar-refractivity contribution in [3.63, 3.8) is 0 Å². The molecule has 3 rings (SSSR count). The van der Waals surface area contributed by atoms with Gasteiger partial charge in [-0.2, -0.15) is 0 Å². The van der Waals surface area contributed by atoms with Crippen molar-refractivity contribution in [2.45, 2.75) is 27.3 Å². The molecule has 0 radical (unpaired) electrons. The van der Waals surface area contributed by atoms with Crippen LogP contribution >= 0.6 is 19.5 Å². The van der Waals surface area contributed by atoms with Gasteiger partial charge in [-0.25, -0.2) is 9.97 Å². The van der Waals surface area contributed by atoms with Gasteiger partial charge in [-0.05, 0) is 39.6 Å². The minimum atomic E-state index is 0.707. The normalized spacial score (nSPS) is 12.4. The third-order valence-corrected chi connectivity index (χ3v) is 6.77. The number of rotatable bonds is 11. The summed E-state index contributed by atoms with van der Waals surface area (Å²) < 4.78 is 2.17. The number of thiazole rings is 1. The molecule has 166 valence electrons. The number of nitrogens with one attached hydrogen (secondary N) is 2. The van der Waals surface area contributed by atoms with Gasteiger partial charge in [0.05, 0.1) is 10.6 Å². The van der Waals surface area contributed by atoms with Crippen LogP contribution in [0, 0.1) is 6.92 Å². The van der Waals surface area contributed by atoms with E-state index in [2.05, 4.69) is 57.1 Å². The largest absolute Gasteiger partial charge is 0.571 e. The maximum atomic E-state index is 4.93. The van der Waals surface area contributed by atoms with Crippen molar-refractivity contribution in [2.24, 2.45) is 0 Å². The molecule has 0 aliphatic heterocycles. The van der Waals surface area contributed by atoms with Crippen molar-refractivity contribution in [3.05, 3.63) is 46.0 Å². The second kappa shape index (κ2) is 11.0. The number of hydrogen-bond donors (Lipinski definition) is 2. The summed E-state index contributed by atoms with van der Waals surface area (Å²) in [7, 11) is 5.00. The zero-order valence-electron chi connectivity index (χ0n) is 18.9. The fourth-order valence-corrected chi connectivity index (χ4v) is 5.27. The third-order valence-electron chi connectivity index (χ3n) is 4.90. The molecule has 0 amide bonds. The summed E-state index contributed by atoms with van der Waals surface area (Å²) in [4.78, 5) is 13.1. The number of imidazole rings is 1. The average Bonchev–Trinajstić information content (AvgIpc) is 3.32. The number of allylic oxidation sites excluding steroid dienone is 1. The number of nitrogens with zero attached hydrogens (tertiary/aromatic N) is 5. The molecule has 3 aromatic heterocycles. The Balaban J connectivity index is 2.01. The fourth-order valence-electron chi connectivity index (χ4n) is 3.36. The van der Waals surface area contributed by atoms with Gasteiger partial charge in [-0.15, -0.1) is 17.9 Å². The van der Waals surface area contributed by atoms with Gasteiger partial charge in [-0.1, -0.05) is 33.6 Å². The van der Waals surface area contributed by atoms with Crippen LogP contribution in [0.3, 0.4) is 0 Å². The average molecular weight is 457 g/mol. The van der Waals surface area contributed by atoms with Crippen molar-refractivity contribution in [3.8, 4) is 10.7 Å². The topological polar surface area (TPSA) is 71.6 Å². The number of fused-ring (bicyclic) bond motifs is 1. The van der Waals surface area contributed by atoms with E-state index in [9.17, 15) is 0 Å². The highest BCUT2D eigenvalue weighted by molar-refractivity contribution is 7.46. The molecule has 7 nitrogen and oxygen atoms in total. The van der Waals surface area contributed by atoms with Crippen LogP contribution in [0.1, 0.15) is 30.0 Å². The lowest BCUT2D eigenvalue weighted by Crippen LogP contribution is -2.27. The first-order chi connectivity index (χ1) is 15.0. The summed E-state index contributed by atoms with van der Waals surface area (Å²) in [6.45, 7) is 9.61. The third kappa shape index (κ3) is 5.40. The van der Waals surface area contributed by atoms with E-state index in [0.717, 1.165) is 65.9 Å². The predicted octanol–water partition coefficient (Wildman–Crippen LogP) is 3.68. The SMILES string of the molecule is C=Pc1nc(-c2c(C)nc3ccc(CN(C)CCNC)cn23)sc1C(=CC)N[N-]CC. The van der Waals surface area contributed by atoms with Gasteiger partial charge in [0.2, 0.25) is 0 Å². The number of aryl methyl sites for hydroxylation is 1. The van der Waals surface area contributed by atoms with Crippen LogP contribution in [-0.4, -0.2) is 59.3 Å². The second-order valence-electron chi connectivity index (χ2n) is 7.27. The molecule has 0 aromatic carbocycles. The molecule has 0 atom stereocenters. The van der Waals surface area contributed by atoms with Gasteiger partial charge in [0.25, 0.3) is 0 Å². The molecule has 0 unspecified atom stereocenters. The Kier molecular flexibility index (Phi) is 8.35. The summed E-state index contributed by atoms with van der Waals surface area (Å²) in [5.41, 5.74) is 13.6. The lowest BCUT2D eigenvalue weighted by Gasteiger charge is -2.22. The monoisotopic (exact) mass is 456 g/mol. The van der Waals surface area contributed by atoms with Crippen LogP contribution in [0.5, 0.6) is 0 Å². The van der Waals surface area contributed by atoms with E-state index in [0.29, 0.717) is 6.54 Å². The Morgan fingerprint density at radius 2 is 2.19 bits per heavy atom. The van der Waals surface area contributed by atoms with Crippen molar-refractivity contribution < 1.29 is 0 Å². The van der Waals surface area contributed by atoms with Gasteiger partial charge >= 0.3 is 0 Å². The molecule has 0 aliphatic rings.